The van der Waals surface area contributed by atoms with Gasteiger partial charge in [0, 0.05) is 12.0 Å². The van der Waals surface area contributed by atoms with Crippen molar-refractivity contribution in [3.05, 3.63) is 102 Å². The van der Waals surface area contributed by atoms with Gasteiger partial charge in [-0.3, -0.25) is 9.59 Å². The third-order valence-electron chi connectivity index (χ3n) is 5.36. The van der Waals surface area contributed by atoms with Crippen molar-refractivity contribution in [3.8, 4) is 0 Å². The highest BCUT2D eigenvalue weighted by Gasteiger charge is 2.47. The highest BCUT2D eigenvalue weighted by Crippen LogP contribution is 2.37. The minimum atomic E-state index is -4.10. The lowest BCUT2D eigenvalue weighted by molar-refractivity contribution is -0.126. The normalized spacial score (nSPS) is 18.7. The van der Waals surface area contributed by atoms with Crippen LogP contribution in [-0.4, -0.2) is 30.6 Å². The smallest absolute Gasteiger partial charge is 0.267 e. The van der Waals surface area contributed by atoms with Crippen molar-refractivity contribution in [1.29, 1.82) is 0 Å². The Bertz CT molecular complexity index is 1190. The molecule has 1 saturated heterocycles. The van der Waals surface area contributed by atoms with Crippen LogP contribution in [0, 0.1) is 6.92 Å². The number of benzene rings is 3. The maximum absolute atomic E-state index is 13.4. The van der Waals surface area contributed by atoms with Crippen LogP contribution in [0.4, 0.5) is 0 Å². The van der Waals surface area contributed by atoms with Crippen LogP contribution in [0.1, 0.15) is 33.9 Å². The summed E-state index contributed by atoms with van der Waals surface area (Å²) in [6.07, 6.45) is 0.159. The lowest BCUT2D eigenvalue weighted by Gasteiger charge is -2.24. The summed E-state index contributed by atoms with van der Waals surface area (Å²) in [5, 5.41) is 2.71. The fraction of sp³-hybridized carbons (Fsp3) is 0.167. The predicted octanol–water partition coefficient (Wildman–Crippen LogP) is 3.46. The molecule has 2 unspecified atom stereocenters. The Morgan fingerprint density at radius 2 is 1.48 bits per heavy atom. The molecule has 1 heterocycles. The van der Waals surface area contributed by atoms with Gasteiger partial charge in [-0.25, -0.2) is 12.7 Å². The highest BCUT2D eigenvalue weighted by molar-refractivity contribution is 7.89. The minimum Gasteiger partial charge on any atom is -0.340 e. The lowest BCUT2D eigenvalue weighted by atomic mass is 10.0. The molecule has 1 aliphatic heterocycles. The van der Waals surface area contributed by atoms with Crippen LogP contribution >= 0.6 is 0 Å². The number of amides is 2. The molecule has 31 heavy (non-hydrogen) atoms. The van der Waals surface area contributed by atoms with E-state index in [1.54, 1.807) is 66.7 Å². The lowest BCUT2D eigenvalue weighted by Crippen LogP contribution is -2.43. The molecule has 0 aromatic heterocycles. The van der Waals surface area contributed by atoms with Crippen LogP contribution < -0.4 is 5.32 Å². The van der Waals surface area contributed by atoms with E-state index in [9.17, 15) is 18.0 Å². The van der Waals surface area contributed by atoms with E-state index in [1.165, 1.54) is 12.1 Å². The second-order valence-corrected chi connectivity index (χ2v) is 9.32. The van der Waals surface area contributed by atoms with Crippen LogP contribution in [0.2, 0.25) is 0 Å². The van der Waals surface area contributed by atoms with E-state index >= 15 is 0 Å². The predicted molar refractivity (Wildman–Crippen MR) is 117 cm³/mol. The molecule has 1 fully saturated rings. The third kappa shape index (κ3) is 4.09. The minimum absolute atomic E-state index is 0.0439. The molecule has 1 N–H and O–H groups in total. The molecule has 3 aromatic rings. The molecular weight excluding hydrogens is 412 g/mol. The maximum atomic E-state index is 13.4. The van der Waals surface area contributed by atoms with E-state index in [0.29, 0.717) is 11.1 Å². The summed E-state index contributed by atoms with van der Waals surface area (Å²) in [4.78, 5) is 25.9. The van der Waals surface area contributed by atoms with Crippen LogP contribution in [0.5, 0.6) is 0 Å². The molecule has 2 amide bonds. The van der Waals surface area contributed by atoms with E-state index in [-0.39, 0.29) is 11.3 Å². The summed E-state index contributed by atoms with van der Waals surface area (Å²) >= 11 is 0. The molecule has 3 aromatic carbocycles. The molecule has 0 saturated carbocycles. The van der Waals surface area contributed by atoms with E-state index in [2.05, 4.69) is 5.32 Å². The van der Waals surface area contributed by atoms with Gasteiger partial charge in [0.25, 0.3) is 21.8 Å². The topological polar surface area (TPSA) is 83.6 Å². The van der Waals surface area contributed by atoms with Gasteiger partial charge in [0.05, 0.1) is 10.9 Å². The van der Waals surface area contributed by atoms with Crippen LogP contribution in [-0.2, 0) is 14.8 Å². The number of nitrogens with zero attached hydrogens (tertiary/aromatic N) is 1. The number of carbonyl (C=O) groups is 2. The number of hydrogen-bond acceptors (Lipinski definition) is 4. The number of carbonyl (C=O) groups excluding carboxylic acids is 2. The Balaban J connectivity index is 1.70. The third-order valence-corrected chi connectivity index (χ3v) is 7.18. The average Bonchev–Trinajstić information content (AvgIpc) is 3.12. The number of hydrogen-bond donors (Lipinski definition) is 1. The Morgan fingerprint density at radius 1 is 0.903 bits per heavy atom. The first kappa shape index (κ1) is 20.8. The van der Waals surface area contributed by atoms with Gasteiger partial charge < -0.3 is 5.32 Å². The Kier molecular flexibility index (Phi) is 5.61. The van der Waals surface area contributed by atoms with E-state index in [0.717, 1.165) is 9.87 Å². The van der Waals surface area contributed by atoms with Crippen molar-refractivity contribution in [2.24, 2.45) is 0 Å². The summed E-state index contributed by atoms with van der Waals surface area (Å²) < 4.78 is 27.8. The Morgan fingerprint density at radius 3 is 2.10 bits per heavy atom. The van der Waals surface area contributed by atoms with Crippen molar-refractivity contribution in [3.63, 3.8) is 0 Å². The molecule has 1 aliphatic rings. The van der Waals surface area contributed by atoms with Gasteiger partial charge in [-0.1, -0.05) is 66.2 Å². The fourth-order valence-electron chi connectivity index (χ4n) is 3.74. The number of aryl methyl sites for hydroxylation is 1. The van der Waals surface area contributed by atoms with Gasteiger partial charge in [0.15, 0.2) is 0 Å². The Labute approximate surface area is 181 Å². The average molecular weight is 435 g/mol. The van der Waals surface area contributed by atoms with Crippen molar-refractivity contribution in [1.82, 2.24) is 9.62 Å². The largest absolute Gasteiger partial charge is 0.340 e. The van der Waals surface area contributed by atoms with E-state index in [4.69, 9.17) is 0 Å². The van der Waals surface area contributed by atoms with E-state index < -0.39 is 33.9 Å². The van der Waals surface area contributed by atoms with Gasteiger partial charge in [-0.05, 0) is 36.8 Å². The van der Waals surface area contributed by atoms with Gasteiger partial charge in [0.1, 0.15) is 6.04 Å². The quantitative estimate of drug-likeness (QED) is 0.667. The van der Waals surface area contributed by atoms with Crippen LogP contribution in [0.25, 0.3) is 0 Å². The second-order valence-electron chi connectivity index (χ2n) is 7.51. The summed E-state index contributed by atoms with van der Waals surface area (Å²) in [6.45, 7) is 1.86. The summed E-state index contributed by atoms with van der Waals surface area (Å²) in [7, 11) is -4.10. The maximum Gasteiger partial charge on any atom is 0.267 e. The van der Waals surface area contributed by atoms with Crippen molar-refractivity contribution in [2.45, 2.75) is 30.3 Å². The summed E-state index contributed by atoms with van der Waals surface area (Å²) in [5.74, 6) is -1.06. The highest BCUT2D eigenvalue weighted by atomic mass is 32.2. The molecule has 0 radical (unpaired) electrons. The summed E-state index contributed by atoms with van der Waals surface area (Å²) in [6, 6.07) is 22.3. The number of rotatable bonds is 5. The van der Waals surface area contributed by atoms with Crippen molar-refractivity contribution >= 4 is 21.8 Å². The van der Waals surface area contributed by atoms with Gasteiger partial charge in [0.2, 0.25) is 0 Å². The Hall–Kier alpha value is -3.45. The summed E-state index contributed by atoms with van der Waals surface area (Å²) in [5.41, 5.74) is 2.02. The van der Waals surface area contributed by atoms with Crippen LogP contribution in [0.15, 0.2) is 89.8 Å². The number of nitrogens with one attached hydrogen (secondary N) is 1. The SMILES string of the molecule is Cc1ccc(S(=O)(=O)N2C(=O)C(NC(=O)c3ccccc3)CC2c2ccccc2)cc1. The molecule has 158 valence electrons. The van der Waals surface area contributed by atoms with Crippen molar-refractivity contribution in [2.75, 3.05) is 0 Å². The number of sulfonamides is 1. The van der Waals surface area contributed by atoms with Gasteiger partial charge in [-0.2, -0.15) is 0 Å². The zero-order chi connectivity index (χ0) is 22.0. The zero-order valence-electron chi connectivity index (χ0n) is 16.9. The molecule has 0 bridgehead atoms. The second kappa shape index (κ2) is 8.35. The molecular formula is C24H22N2O4S. The first-order chi connectivity index (χ1) is 14.9. The van der Waals surface area contributed by atoms with Crippen LogP contribution in [0.3, 0.4) is 0 Å². The standard InChI is InChI=1S/C24H22N2O4S/c1-17-12-14-20(15-13-17)31(29,30)26-22(18-8-4-2-5-9-18)16-21(24(26)28)25-23(27)19-10-6-3-7-11-19/h2-15,21-22H,16H2,1H3,(H,25,27). The zero-order valence-corrected chi connectivity index (χ0v) is 17.7. The van der Waals surface area contributed by atoms with Gasteiger partial charge in [-0.15, -0.1) is 0 Å². The molecule has 0 aliphatic carbocycles. The van der Waals surface area contributed by atoms with Crippen molar-refractivity contribution < 1.29 is 18.0 Å². The monoisotopic (exact) mass is 434 g/mol. The molecule has 6 nitrogen and oxygen atoms in total. The van der Waals surface area contributed by atoms with Gasteiger partial charge >= 0.3 is 0 Å². The van der Waals surface area contributed by atoms with E-state index in [1.807, 2.05) is 13.0 Å². The first-order valence-electron chi connectivity index (χ1n) is 9.94. The fourth-order valence-corrected chi connectivity index (χ4v) is 5.35. The first-order valence-corrected chi connectivity index (χ1v) is 11.4. The molecule has 4 rings (SSSR count). The molecule has 7 heteroatoms. The molecule has 2 atom stereocenters. The molecule has 0 spiro atoms.